The Labute approximate surface area is 106 Å². The van der Waals surface area contributed by atoms with Gasteiger partial charge in [-0.2, -0.15) is 0 Å². The van der Waals surface area contributed by atoms with Crippen molar-refractivity contribution in [1.29, 1.82) is 0 Å². The van der Waals surface area contributed by atoms with E-state index in [1.165, 1.54) is 0 Å². The quantitative estimate of drug-likeness (QED) is 0.342. The van der Waals surface area contributed by atoms with Crippen LogP contribution in [0.5, 0.6) is 0 Å². The summed E-state index contributed by atoms with van der Waals surface area (Å²) in [5.41, 5.74) is 0.646. The Bertz CT molecular complexity index is 253. The van der Waals surface area contributed by atoms with Crippen LogP contribution in [0.15, 0.2) is 12.2 Å². The number of carbonyl (C=O) groups is 1. The molecule has 0 aromatic heterocycles. The summed E-state index contributed by atoms with van der Waals surface area (Å²) < 4.78 is 11.3. The molecule has 1 unspecified atom stereocenters. The Hall–Kier alpha value is -0.453. The molecule has 1 atom stereocenters. The zero-order valence-corrected chi connectivity index (χ0v) is 12.7. The predicted octanol–water partition coefficient (Wildman–Crippen LogP) is 3.45. The van der Waals surface area contributed by atoms with E-state index in [1.807, 2.05) is 0 Å². The largest absolute Gasteiger partial charge is 0.398 e. The summed E-state index contributed by atoms with van der Waals surface area (Å²) in [6.45, 7) is 10.3. The Balaban J connectivity index is 3.69. The van der Waals surface area contributed by atoms with Gasteiger partial charge in [-0.3, -0.25) is 4.79 Å². The average Bonchev–Trinajstić information content (AvgIpc) is 2.28. The van der Waals surface area contributed by atoms with E-state index < -0.39 is 8.56 Å². The Morgan fingerprint density at radius 3 is 2.47 bits per heavy atom. The third-order valence-corrected chi connectivity index (χ3v) is 5.90. The highest BCUT2D eigenvalue weighted by Crippen LogP contribution is 2.15. The fraction of sp³-hybridized carbons (Fsp3) is 0.769. The molecule has 0 radical (unpaired) electrons. The lowest BCUT2D eigenvalue weighted by Crippen LogP contribution is -2.37. The number of unbranched alkanes of at least 4 members (excludes halogenated alkanes) is 1. The van der Waals surface area contributed by atoms with Crippen molar-refractivity contribution in [2.24, 2.45) is 0 Å². The van der Waals surface area contributed by atoms with Gasteiger partial charge in [0.25, 0.3) is 0 Å². The molecule has 0 rings (SSSR count). The van der Waals surface area contributed by atoms with Crippen LogP contribution < -0.4 is 0 Å². The highest BCUT2D eigenvalue weighted by atomic mass is 28.4. The Kier molecular flexibility index (Phi) is 8.38. The van der Waals surface area contributed by atoms with E-state index in [-0.39, 0.29) is 5.78 Å². The predicted molar refractivity (Wildman–Crippen MR) is 73.3 cm³/mol. The van der Waals surface area contributed by atoms with Crippen LogP contribution in [-0.2, 0) is 13.6 Å². The zero-order valence-electron chi connectivity index (χ0n) is 11.7. The van der Waals surface area contributed by atoms with Crippen molar-refractivity contribution in [3.05, 3.63) is 12.2 Å². The zero-order chi connectivity index (χ0) is 13.3. The first-order valence-electron chi connectivity index (χ1n) is 6.33. The minimum atomic E-state index is -1.92. The van der Waals surface area contributed by atoms with Crippen molar-refractivity contribution in [2.45, 2.75) is 52.1 Å². The van der Waals surface area contributed by atoms with Gasteiger partial charge in [0, 0.05) is 20.1 Å². The maximum Gasteiger partial charge on any atom is 0.334 e. The summed E-state index contributed by atoms with van der Waals surface area (Å²) in [7, 11) is -0.196. The van der Waals surface area contributed by atoms with Gasteiger partial charge >= 0.3 is 8.56 Å². The van der Waals surface area contributed by atoms with Gasteiger partial charge < -0.3 is 8.85 Å². The molecule has 0 aromatic carbocycles. The van der Waals surface area contributed by atoms with E-state index >= 15 is 0 Å². The summed E-state index contributed by atoms with van der Waals surface area (Å²) in [6, 6.07) is 1.02. The summed E-state index contributed by atoms with van der Waals surface area (Å²) in [5, 5.41) is 0. The lowest BCUT2D eigenvalue weighted by Gasteiger charge is -2.24. The maximum absolute atomic E-state index is 11.3. The molecule has 100 valence electrons. The van der Waals surface area contributed by atoms with Crippen molar-refractivity contribution in [3.63, 3.8) is 0 Å². The van der Waals surface area contributed by atoms with Crippen molar-refractivity contribution < 1.29 is 13.6 Å². The fourth-order valence-electron chi connectivity index (χ4n) is 1.58. The number of hydrogen-bond acceptors (Lipinski definition) is 3. The molecule has 0 bridgehead atoms. The Morgan fingerprint density at radius 2 is 2.00 bits per heavy atom. The summed E-state index contributed by atoms with van der Waals surface area (Å²) in [5.74, 6) is 0.158. The Morgan fingerprint density at radius 1 is 1.35 bits per heavy atom. The minimum absolute atomic E-state index is 0.158. The highest BCUT2D eigenvalue weighted by Gasteiger charge is 2.28. The number of hydrogen-bond donors (Lipinski definition) is 0. The lowest BCUT2D eigenvalue weighted by atomic mass is 10.1. The minimum Gasteiger partial charge on any atom is -0.398 e. The number of ketones is 1. The van der Waals surface area contributed by atoms with E-state index in [9.17, 15) is 4.79 Å². The summed E-state index contributed by atoms with van der Waals surface area (Å²) in [4.78, 5) is 11.3. The van der Waals surface area contributed by atoms with Gasteiger partial charge in [-0.1, -0.05) is 19.9 Å². The number of carbonyl (C=O) groups excluding carboxylic acids is 1. The van der Waals surface area contributed by atoms with Gasteiger partial charge in [-0.15, -0.1) is 0 Å². The first-order chi connectivity index (χ1) is 7.95. The van der Waals surface area contributed by atoms with Crippen LogP contribution in [0.25, 0.3) is 0 Å². The molecule has 0 saturated carbocycles. The number of Topliss-reactive ketones (excluding diaryl/α,β-unsaturated/α-hetero) is 1. The molecule has 0 fully saturated rings. The molecule has 4 heteroatoms. The second-order valence-corrected chi connectivity index (χ2v) is 8.06. The van der Waals surface area contributed by atoms with E-state index in [4.69, 9.17) is 8.85 Å². The van der Waals surface area contributed by atoms with Crippen LogP contribution in [-0.4, -0.2) is 28.1 Å². The topological polar surface area (TPSA) is 35.5 Å². The first-order valence-corrected chi connectivity index (χ1v) is 8.85. The smallest absolute Gasteiger partial charge is 0.334 e. The van der Waals surface area contributed by atoms with E-state index in [1.54, 1.807) is 14.0 Å². The summed E-state index contributed by atoms with van der Waals surface area (Å²) >= 11 is 0. The third kappa shape index (κ3) is 7.47. The van der Waals surface area contributed by atoms with Crippen molar-refractivity contribution in [1.82, 2.24) is 0 Å². The monoisotopic (exact) mass is 258 g/mol. The number of allylic oxidation sites excluding steroid dienone is 1. The van der Waals surface area contributed by atoms with Crippen LogP contribution in [0.1, 0.15) is 39.5 Å². The average molecular weight is 258 g/mol. The van der Waals surface area contributed by atoms with Gasteiger partial charge in [0.1, 0.15) is 0 Å². The fourth-order valence-corrected chi connectivity index (χ4v) is 3.53. The molecule has 0 amide bonds. The van der Waals surface area contributed by atoms with Gasteiger partial charge in [0.15, 0.2) is 5.78 Å². The lowest BCUT2D eigenvalue weighted by molar-refractivity contribution is -0.115. The maximum atomic E-state index is 11.3. The van der Waals surface area contributed by atoms with E-state index in [0.717, 1.165) is 25.3 Å². The van der Waals surface area contributed by atoms with Gasteiger partial charge in [0.2, 0.25) is 0 Å². The molecule has 0 aliphatic carbocycles. The molecule has 0 saturated heterocycles. The van der Waals surface area contributed by atoms with Gasteiger partial charge in [0.05, 0.1) is 0 Å². The molecule has 3 nitrogen and oxygen atoms in total. The molecule has 17 heavy (non-hydrogen) atoms. The van der Waals surface area contributed by atoms with Crippen LogP contribution >= 0.6 is 0 Å². The first kappa shape index (κ1) is 16.5. The molecule has 0 spiro atoms. The van der Waals surface area contributed by atoms with Gasteiger partial charge in [-0.25, -0.2) is 0 Å². The van der Waals surface area contributed by atoms with Gasteiger partial charge in [-0.05, 0) is 37.9 Å². The number of rotatable bonds is 10. The molecule has 0 aliphatic heterocycles. The van der Waals surface area contributed by atoms with Crippen molar-refractivity contribution in [2.75, 3.05) is 13.7 Å². The standard InChI is InChI=1S/C13H26O3Si/c1-6-11-17(5,15-4)16-10-8-7-9-13(14)12(2)3/h2,6-11H2,1,3-5H3. The molecular weight excluding hydrogens is 232 g/mol. The van der Waals surface area contributed by atoms with Crippen LogP contribution in [0.3, 0.4) is 0 Å². The van der Waals surface area contributed by atoms with E-state index in [0.29, 0.717) is 18.6 Å². The molecular formula is C13H26O3Si. The normalized spacial score (nSPS) is 14.4. The molecule has 0 N–H and O–H groups in total. The van der Waals surface area contributed by atoms with Crippen LogP contribution in [0, 0.1) is 0 Å². The van der Waals surface area contributed by atoms with E-state index in [2.05, 4.69) is 20.0 Å². The molecule has 0 aliphatic rings. The second-order valence-electron chi connectivity index (χ2n) is 4.60. The van der Waals surface area contributed by atoms with Crippen molar-refractivity contribution in [3.8, 4) is 0 Å². The van der Waals surface area contributed by atoms with Crippen molar-refractivity contribution >= 4 is 14.3 Å². The van der Waals surface area contributed by atoms with Crippen LogP contribution in [0.4, 0.5) is 0 Å². The summed E-state index contributed by atoms with van der Waals surface area (Å²) in [6.07, 6.45) is 3.45. The SMILES string of the molecule is C=C(C)C(=O)CCCCO[Si](C)(CCC)OC. The third-order valence-electron chi connectivity index (χ3n) is 2.82. The highest BCUT2D eigenvalue weighted by molar-refractivity contribution is 6.65. The molecule has 0 aromatic rings. The second kappa shape index (κ2) is 8.61. The molecule has 0 heterocycles. The van der Waals surface area contributed by atoms with Crippen LogP contribution in [0.2, 0.25) is 12.6 Å².